The lowest BCUT2D eigenvalue weighted by Gasteiger charge is -2.23. The fraction of sp³-hybridized carbons (Fsp3) is 0.391. The molecule has 7 heteroatoms. The highest BCUT2D eigenvalue weighted by Gasteiger charge is 2.47. The first kappa shape index (κ1) is 20.2. The van der Waals surface area contributed by atoms with E-state index in [4.69, 9.17) is 9.15 Å². The molecule has 0 bridgehead atoms. The summed E-state index contributed by atoms with van der Waals surface area (Å²) in [5.41, 5.74) is 1.54. The van der Waals surface area contributed by atoms with E-state index in [1.165, 1.54) is 4.90 Å². The molecule has 0 aliphatic carbocycles. The van der Waals surface area contributed by atoms with Crippen LogP contribution in [0.15, 0.2) is 40.3 Å². The normalized spacial score (nSPS) is 22.6. The number of quaternary nitrogens is 1. The average molecular weight is 411 g/mol. The number of hydrogen-bond acceptors (Lipinski definition) is 5. The van der Waals surface area contributed by atoms with Crippen molar-refractivity contribution in [3.05, 3.63) is 58.6 Å². The molecule has 4 rings (SSSR count). The molecule has 2 aromatic rings. The van der Waals surface area contributed by atoms with Crippen molar-refractivity contribution in [1.29, 1.82) is 0 Å². The summed E-state index contributed by atoms with van der Waals surface area (Å²) in [5, 5.41) is 11.1. The van der Waals surface area contributed by atoms with Crippen molar-refractivity contribution in [3.63, 3.8) is 0 Å². The number of benzene rings is 1. The van der Waals surface area contributed by atoms with Gasteiger partial charge in [-0.3, -0.25) is 9.59 Å². The maximum Gasteiger partial charge on any atom is 0.295 e. The van der Waals surface area contributed by atoms with Gasteiger partial charge in [0.25, 0.3) is 11.7 Å². The second-order valence-electron chi connectivity index (χ2n) is 8.35. The number of aryl methyl sites for hydroxylation is 1. The summed E-state index contributed by atoms with van der Waals surface area (Å²) < 4.78 is 11.5. The monoisotopic (exact) mass is 411 g/mol. The number of nitrogens with one attached hydrogen (secondary N) is 1. The summed E-state index contributed by atoms with van der Waals surface area (Å²) in [5.74, 6) is 0.444. The molecule has 2 atom stereocenters. The summed E-state index contributed by atoms with van der Waals surface area (Å²) in [4.78, 5) is 28.5. The van der Waals surface area contributed by atoms with Gasteiger partial charge in [-0.2, -0.15) is 0 Å². The van der Waals surface area contributed by atoms with E-state index in [1.807, 2.05) is 27.1 Å². The summed E-state index contributed by atoms with van der Waals surface area (Å²) in [7, 11) is 3.96. The zero-order chi connectivity index (χ0) is 21.6. The average Bonchev–Trinajstić information content (AvgIpc) is 3.35. The number of ketones is 1. The highest BCUT2D eigenvalue weighted by molar-refractivity contribution is 6.46. The van der Waals surface area contributed by atoms with Gasteiger partial charge in [0.1, 0.15) is 35.2 Å². The first-order valence-electron chi connectivity index (χ1n) is 10.2. The van der Waals surface area contributed by atoms with E-state index >= 15 is 0 Å². The van der Waals surface area contributed by atoms with Crippen molar-refractivity contribution < 1.29 is 28.7 Å². The van der Waals surface area contributed by atoms with Gasteiger partial charge in [0.15, 0.2) is 0 Å². The smallest absolute Gasteiger partial charge is 0.295 e. The third-order valence-corrected chi connectivity index (χ3v) is 5.59. The summed E-state index contributed by atoms with van der Waals surface area (Å²) in [6, 6.07) is 8.14. The Morgan fingerprint density at radius 2 is 2.00 bits per heavy atom. The highest BCUT2D eigenvalue weighted by atomic mass is 16.5. The number of fused-ring (bicyclic) bond motifs is 1. The van der Waals surface area contributed by atoms with Crippen molar-refractivity contribution in [2.24, 2.45) is 0 Å². The Morgan fingerprint density at radius 3 is 2.67 bits per heavy atom. The fourth-order valence-corrected chi connectivity index (χ4v) is 4.08. The largest absolute Gasteiger partial charge is 0.507 e. The third kappa shape index (κ3) is 3.50. The minimum atomic E-state index is -0.749. The van der Waals surface area contributed by atoms with Crippen LogP contribution in [0.2, 0.25) is 0 Å². The zero-order valence-corrected chi connectivity index (χ0v) is 17.7. The van der Waals surface area contributed by atoms with Crippen LogP contribution in [0, 0.1) is 6.92 Å². The molecule has 1 saturated heterocycles. The minimum absolute atomic E-state index is 0.0648. The molecule has 1 fully saturated rings. The molecule has 1 aromatic carbocycles. The van der Waals surface area contributed by atoms with Crippen molar-refractivity contribution >= 4 is 17.4 Å². The Balaban J connectivity index is 1.80. The number of likely N-dealkylation sites (tertiary alicyclic amines) is 1. The van der Waals surface area contributed by atoms with Crippen molar-refractivity contribution in [2.45, 2.75) is 32.4 Å². The Labute approximate surface area is 175 Å². The number of carbonyl (C=O) groups excluding carboxylic acids is 2. The van der Waals surface area contributed by atoms with E-state index in [0.29, 0.717) is 30.2 Å². The number of rotatable bonds is 5. The van der Waals surface area contributed by atoms with Gasteiger partial charge in [0.05, 0.1) is 32.8 Å². The predicted octanol–water partition coefficient (Wildman–Crippen LogP) is 1.48. The van der Waals surface area contributed by atoms with Crippen LogP contribution in [0.4, 0.5) is 0 Å². The van der Waals surface area contributed by atoms with Crippen LogP contribution in [0.5, 0.6) is 5.75 Å². The lowest BCUT2D eigenvalue weighted by molar-refractivity contribution is -0.857. The van der Waals surface area contributed by atoms with Gasteiger partial charge in [-0.25, -0.2) is 0 Å². The Morgan fingerprint density at radius 1 is 1.23 bits per heavy atom. The second kappa shape index (κ2) is 7.65. The van der Waals surface area contributed by atoms with Gasteiger partial charge in [-0.1, -0.05) is 0 Å². The molecule has 3 heterocycles. The molecular formula is C23H27N2O5+. The van der Waals surface area contributed by atoms with Gasteiger partial charge < -0.3 is 24.1 Å². The van der Waals surface area contributed by atoms with Crippen molar-refractivity contribution in [2.75, 3.05) is 27.2 Å². The molecule has 0 spiro atoms. The van der Waals surface area contributed by atoms with E-state index in [2.05, 4.69) is 0 Å². The van der Waals surface area contributed by atoms with Gasteiger partial charge in [-0.05, 0) is 49.7 Å². The number of likely N-dealkylation sites (N-methyl/N-ethyl adjacent to an activating group) is 1. The molecule has 1 amide bonds. The summed E-state index contributed by atoms with van der Waals surface area (Å²) in [6.45, 7) is 4.83. The van der Waals surface area contributed by atoms with Crippen LogP contribution in [0.1, 0.15) is 35.6 Å². The van der Waals surface area contributed by atoms with Crippen LogP contribution in [-0.2, 0) is 16.0 Å². The molecule has 158 valence electrons. The number of aliphatic hydroxyl groups excluding tert-OH is 1. The number of amides is 1. The maximum atomic E-state index is 13.0. The zero-order valence-electron chi connectivity index (χ0n) is 17.7. The van der Waals surface area contributed by atoms with Crippen LogP contribution in [0.3, 0.4) is 0 Å². The van der Waals surface area contributed by atoms with E-state index in [0.717, 1.165) is 22.6 Å². The predicted molar refractivity (Wildman–Crippen MR) is 110 cm³/mol. The topological polar surface area (TPSA) is 84.4 Å². The molecule has 0 radical (unpaired) electrons. The third-order valence-electron chi connectivity index (χ3n) is 5.59. The number of hydrogen-bond donors (Lipinski definition) is 2. The lowest BCUT2D eigenvalue weighted by Crippen LogP contribution is -3.06. The molecule has 2 aliphatic heterocycles. The lowest BCUT2D eigenvalue weighted by atomic mass is 9.97. The summed E-state index contributed by atoms with van der Waals surface area (Å²) in [6.07, 6.45) is 0.805. The van der Waals surface area contributed by atoms with Gasteiger partial charge in [-0.15, -0.1) is 0 Å². The maximum absolute atomic E-state index is 13.0. The minimum Gasteiger partial charge on any atom is -0.507 e. The van der Waals surface area contributed by atoms with Gasteiger partial charge >= 0.3 is 0 Å². The van der Waals surface area contributed by atoms with Gasteiger partial charge in [0.2, 0.25) is 0 Å². The Kier molecular flexibility index (Phi) is 5.15. The molecule has 30 heavy (non-hydrogen) atoms. The van der Waals surface area contributed by atoms with E-state index in [1.54, 1.807) is 31.2 Å². The molecule has 0 unspecified atom stereocenters. The summed E-state index contributed by atoms with van der Waals surface area (Å²) >= 11 is 0. The molecular weight excluding hydrogens is 384 g/mol. The van der Waals surface area contributed by atoms with Crippen molar-refractivity contribution in [1.82, 2.24) is 4.90 Å². The van der Waals surface area contributed by atoms with Gasteiger partial charge in [0, 0.05) is 12.0 Å². The fourth-order valence-electron chi connectivity index (χ4n) is 4.08. The SMILES string of the molecule is Cc1ccc([C@H]2C(=C(O)c3ccc4c(c3)C[C@H](C)O4)C(=O)C(=O)N2CC[NH+](C)C)o1. The van der Waals surface area contributed by atoms with Crippen LogP contribution in [-0.4, -0.2) is 55.0 Å². The molecule has 1 aromatic heterocycles. The number of furan rings is 1. The highest BCUT2D eigenvalue weighted by Crippen LogP contribution is 2.40. The van der Waals surface area contributed by atoms with E-state index in [-0.39, 0.29) is 17.4 Å². The molecule has 0 saturated carbocycles. The number of ether oxygens (including phenoxy) is 1. The standard InChI is InChI=1S/C23H26N2O5/c1-13-5-7-18(29-13)20-19(22(27)23(28)25(20)10-9-24(3)4)21(26)15-6-8-17-16(12-15)11-14(2)30-17/h5-8,12,14,20,26H,9-11H2,1-4H3/p+1/t14-,20-/m0/s1. The van der Waals surface area contributed by atoms with Crippen LogP contribution >= 0.6 is 0 Å². The Bertz CT molecular complexity index is 1040. The quantitative estimate of drug-likeness (QED) is 0.442. The van der Waals surface area contributed by atoms with Crippen LogP contribution < -0.4 is 9.64 Å². The first-order chi connectivity index (χ1) is 14.3. The molecule has 2 aliphatic rings. The number of Topliss-reactive ketones (excluding diaryl/α,β-unsaturated/α-hetero) is 1. The van der Waals surface area contributed by atoms with Crippen molar-refractivity contribution in [3.8, 4) is 5.75 Å². The van der Waals surface area contributed by atoms with E-state index < -0.39 is 17.7 Å². The second-order valence-corrected chi connectivity index (χ2v) is 8.35. The van der Waals surface area contributed by atoms with E-state index in [9.17, 15) is 14.7 Å². The Hall–Kier alpha value is -3.06. The number of carbonyl (C=O) groups is 2. The molecule has 7 nitrogen and oxygen atoms in total. The number of aliphatic hydroxyl groups is 1. The van der Waals surface area contributed by atoms with Crippen LogP contribution in [0.25, 0.3) is 5.76 Å². The first-order valence-corrected chi connectivity index (χ1v) is 10.2. The number of nitrogens with zero attached hydrogens (tertiary/aromatic N) is 1. The molecule has 2 N–H and O–H groups in total.